The van der Waals surface area contributed by atoms with Crippen LogP contribution in [0.4, 0.5) is 17.1 Å². The van der Waals surface area contributed by atoms with Crippen molar-refractivity contribution in [3.63, 3.8) is 0 Å². The summed E-state index contributed by atoms with van der Waals surface area (Å²) >= 11 is 3.34. The maximum absolute atomic E-state index is 13.5. The Labute approximate surface area is 202 Å². The standard InChI is InChI=1S/C24H16BrN4O5/c25-15-8-6-14(7-9-15)22(30)20-19-21(28(26-20)17-4-2-1-3-5-17)24(32)27(23(19)31)16-10-12-18(13-11-16)29(33)34/h1-13,19,21,33H/q-1. The van der Waals surface area contributed by atoms with Gasteiger partial charge in [0.15, 0.2) is 0 Å². The van der Waals surface area contributed by atoms with Gasteiger partial charge in [0.25, 0.3) is 5.91 Å². The fourth-order valence-electron chi connectivity index (χ4n) is 4.13. The molecule has 0 bridgehead atoms. The molecule has 1 N–H and O–H groups in total. The van der Waals surface area contributed by atoms with Crippen molar-refractivity contribution >= 4 is 56.3 Å². The molecule has 2 unspecified atom stereocenters. The molecule has 3 aromatic carbocycles. The molecule has 9 nitrogen and oxygen atoms in total. The monoisotopic (exact) mass is 519 g/mol. The van der Waals surface area contributed by atoms with Crippen LogP contribution in [0.25, 0.3) is 0 Å². The summed E-state index contributed by atoms with van der Waals surface area (Å²) in [7, 11) is 0. The smallest absolute Gasteiger partial charge is 0.259 e. The Bertz CT molecular complexity index is 1310. The van der Waals surface area contributed by atoms with Crippen LogP contribution < -0.4 is 15.1 Å². The van der Waals surface area contributed by atoms with E-state index in [1.54, 1.807) is 48.5 Å². The predicted octanol–water partition coefficient (Wildman–Crippen LogP) is 3.76. The van der Waals surface area contributed by atoms with Crippen molar-refractivity contribution in [3.05, 3.63) is 94.1 Å². The summed E-state index contributed by atoms with van der Waals surface area (Å²) in [4.78, 5) is 41.4. The fourth-order valence-corrected chi connectivity index (χ4v) is 4.39. The fraction of sp³-hybridized carbons (Fsp3) is 0.0833. The molecule has 2 atom stereocenters. The largest absolute Gasteiger partial charge is 0.733 e. The van der Waals surface area contributed by atoms with Crippen LogP contribution in [0.3, 0.4) is 0 Å². The number of benzene rings is 3. The van der Waals surface area contributed by atoms with Gasteiger partial charge in [0.05, 0.1) is 17.1 Å². The van der Waals surface area contributed by atoms with Gasteiger partial charge in [0, 0.05) is 10.0 Å². The summed E-state index contributed by atoms with van der Waals surface area (Å²) < 4.78 is 0.794. The van der Waals surface area contributed by atoms with Crippen molar-refractivity contribution in [1.29, 1.82) is 0 Å². The first-order valence-electron chi connectivity index (χ1n) is 10.2. The Morgan fingerprint density at radius 1 is 0.912 bits per heavy atom. The van der Waals surface area contributed by atoms with Crippen molar-refractivity contribution in [2.45, 2.75) is 6.04 Å². The normalized spacial score (nSPS) is 19.3. The second kappa shape index (κ2) is 8.49. The molecule has 10 heteroatoms. The zero-order valence-corrected chi connectivity index (χ0v) is 19.0. The lowest BCUT2D eigenvalue weighted by molar-refractivity contribution is -0.121. The van der Waals surface area contributed by atoms with Gasteiger partial charge in [-0.1, -0.05) is 34.1 Å². The lowest BCUT2D eigenvalue weighted by Gasteiger charge is -2.24. The highest BCUT2D eigenvalue weighted by atomic mass is 79.9. The van der Waals surface area contributed by atoms with Gasteiger partial charge in [-0.2, -0.15) is 5.10 Å². The molecule has 2 amide bonds. The number of carbonyl (C=O) groups is 3. The Hall–Kier alpha value is -3.86. The molecule has 2 aliphatic rings. The van der Waals surface area contributed by atoms with Gasteiger partial charge >= 0.3 is 0 Å². The van der Waals surface area contributed by atoms with Gasteiger partial charge in [0.1, 0.15) is 17.7 Å². The molecule has 1 saturated heterocycles. The van der Waals surface area contributed by atoms with E-state index in [1.165, 1.54) is 29.3 Å². The first-order valence-corrected chi connectivity index (χ1v) is 11.0. The van der Waals surface area contributed by atoms with Gasteiger partial charge < -0.3 is 10.4 Å². The van der Waals surface area contributed by atoms with Crippen molar-refractivity contribution in [2.24, 2.45) is 11.0 Å². The number of Topliss-reactive ketones (excluding diaryl/α,β-unsaturated/α-hetero) is 1. The Kier molecular flexibility index (Phi) is 5.48. The van der Waals surface area contributed by atoms with E-state index in [2.05, 4.69) is 21.0 Å². The highest BCUT2D eigenvalue weighted by Gasteiger charge is 2.58. The minimum atomic E-state index is -1.10. The first kappa shape index (κ1) is 22.0. The lowest BCUT2D eigenvalue weighted by Crippen LogP contribution is -2.39. The van der Waals surface area contributed by atoms with Crippen LogP contribution in [0.5, 0.6) is 0 Å². The molecular formula is C24H16BrN4O5-. The number of carbonyl (C=O) groups excluding carboxylic acids is 3. The summed E-state index contributed by atoms with van der Waals surface area (Å²) in [6, 6.07) is 19.8. The van der Waals surface area contributed by atoms with Crippen LogP contribution in [0.15, 0.2) is 88.4 Å². The van der Waals surface area contributed by atoms with Crippen LogP contribution in [-0.2, 0) is 9.59 Å². The number of ketones is 1. The van der Waals surface area contributed by atoms with E-state index in [4.69, 9.17) is 5.21 Å². The third-order valence-corrected chi connectivity index (χ3v) is 6.27. The number of hydrogen-bond acceptors (Lipinski definition) is 8. The van der Waals surface area contributed by atoms with Gasteiger partial charge in [-0.3, -0.25) is 24.6 Å². The van der Waals surface area contributed by atoms with Crippen LogP contribution >= 0.6 is 15.9 Å². The summed E-state index contributed by atoms with van der Waals surface area (Å²) in [6.45, 7) is 0. The minimum absolute atomic E-state index is 0.0188. The topological polar surface area (TPSA) is 117 Å². The van der Waals surface area contributed by atoms with Gasteiger partial charge in [-0.25, -0.2) is 4.90 Å². The third-order valence-electron chi connectivity index (χ3n) is 5.74. The third kappa shape index (κ3) is 3.58. The van der Waals surface area contributed by atoms with Gasteiger partial charge in [0.2, 0.25) is 11.7 Å². The predicted molar refractivity (Wildman–Crippen MR) is 129 cm³/mol. The molecular weight excluding hydrogens is 504 g/mol. The molecule has 170 valence electrons. The molecule has 1 fully saturated rings. The molecule has 0 aliphatic carbocycles. The molecule has 3 aromatic rings. The summed E-state index contributed by atoms with van der Waals surface area (Å²) in [5.41, 5.74) is 1.06. The SMILES string of the molecule is O=C(C1=NN(c2ccccc2)C2C(=O)N(c3ccc(N([O-])O)cc3)C(=O)C12)c1ccc(Br)cc1. The number of halogens is 1. The molecule has 2 heterocycles. The maximum Gasteiger partial charge on any atom is 0.259 e. The molecule has 0 radical (unpaired) electrons. The van der Waals surface area contributed by atoms with E-state index in [-0.39, 0.29) is 22.3 Å². The average molecular weight is 520 g/mol. The number of hydrogen-bond donors (Lipinski definition) is 1. The second-order valence-corrected chi connectivity index (χ2v) is 8.64. The van der Waals surface area contributed by atoms with E-state index >= 15 is 0 Å². The number of imide groups is 1. The molecule has 5 rings (SSSR count). The minimum Gasteiger partial charge on any atom is -0.733 e. The van der Waals surface area contributed by atoms with Crippen molar-refractivity contribution in [2.75, 3.05) is 15.1 Å². The number of rotatable bonds is 5. The molecule has 0 aromatic heterocycles. The van der Waals surface area contributed by atoms with E-state index in [9.17, 15) is 19.6 Å². The Morgan fingerprint density at radius 2 is 1.56 bits per heavy atom. The lowest BCUT2D eigenvalue weighted by atomic mass is 9.92. The number of nitrogens with zero attached hydrogens (tertiary/aromatic N) is 4. The van der Waals surface area contributed by atoms with Crippen LogP contribution in [0, 0.1) is 11.1 Å². The molecule has 0 saturated carbocycles. The average Bonchev–Trinajstić information content (AvgIpc) is 3.36. The summed E-state index contributed by atoms with van der Waals surface area (Å²) in [5, 5.41) is 25.7. The molecule has 0 spiro atoms. The van der Waals surface area contributed by atoms with Crippen molar-refractivity contribution in [1.82, 2.24) is 0 Å². The zero-order chi connectivity index (χ0) is 24.0. The van der Waals surface area contributed by atoms with E-state index < -0.39 is 29.6 Å². The molecule has 2 aliphatic heterocycles. The first-order chi connectivity index (χ1) is 16.4. The number of hydrazone groups is 1. The Morgan fingerprint density at radius 3 is 2.18 bits per heavy atom. The van der Waals surface area contributed by atoms with Crippen molar-refractivity contribution in [3.8, 4) is 0 Å². The maximum atomic E-state index is 13.5. The van der Waals surface area contributed by atoms with Crippen LogP contribution in [-0.4, -0.2) is 34.6 Å². The Balaban J connectivity index is 1.57. The number of fused-ring (bicyclic) bond motifs is 1. The molecule has 34 heavy (non-hydrogen) atoms. The highest BCUT2D eigenvalue weighted by Crippen LogP contribution is 2.38. The zero-order valence-electron chi connectivity index (χ0n) is 17.4. The number of para-hydroxylation sites is 1. The second-order valence-electron chi connectivity index (χ2n) is 7.73. The number of anilines is 3. The van der Waals surface area contributed by atoms with Gasteiger partial charge in [-0.05, 0) is 60.7 Å². The quantitative estimate of drug-likeness (QED) is 0.309. The van der Waals surface area contributed by atoms with E-state index in [0.717, 1.165) is 9.37 Å². The van der Waals surface area contributed by atoms with Crippen molar-refractivity contribution < 1.29 is 19.6 Å². The van der Waals surface area contributed by atoms with E-state index in [1.807, 2.05) is 6.07 Å². The summed E-state index contributed by atoms with van der Waals surface area (Å²) in [5.74, 6) is -2.68. The van der Waals surface area contributed by atoms with Crippen LogP contribution in [0.2, 0.25) is 0 Å². The summed E-state index contributed by atoms with van der Waals surface area (Å²) in [6.07, 6.45) is 0. The highest BCUT2D eigenvalue weighted by molar-refractivity contribution is 9.10. The number of amides is 2. The van der Waals surface area contributed by atoms with Crippen LogP contribution in [0.1, 0.15) is 10.4 Å². The van der Waals surface area contributed by atoms with Gasteiger partial charge in [-0.15, -0.1) is 0 Å². The van der Waals surface area contributed by atoms with E-state index in [0.29, 0.717) is 11.3 Å².